The molecule has 4 rings (SSSR count). The van der Waals surface area contributed by atoms with Gasteiger partial charge in [0, 0.05) is 23.7 Å². The Morgan fingerprint density at radius 3 is 2.49 bits per heavy atom. The monoisotopic (exact) mass is 519 g/mol. The van der Waals surface area contributed by atoms with Crippen LogP contribution in [0.1, 0.15) is 53.4 Å². The van der Waals surface area contributed by atoms with Crippen LogP contribution in [-0.2, 0) is 11.3 Å². The SMILES string of the molecule is Cc1ccc(Nc2nsc3c(NC(=O)c4c(C)ccc(CNC(=O)C(C)(C)C)c4C)ccnc23)c(F)c1. The average molecular weight is 520 g/mol. The van der Waals surface area contributed by atoms with Crippen molar-refractivity contribution in [2.45, 2.75) is 48.1 Å². The van der Waals surface area contributed by atoms with E-state index in [4.69, 9.17) is 0 Å². The number of nitrogens with zero attached hydrogens (tertiary/aromatic N) is 2. The highest BCUT2D eigenvalue weighted by Gasteiger charge is 2.22. The second-order valence-corrected chi connectivity index (χ2v) is 10.9. The smallest absolute Gasteiger partial charge is 0.256 e. The van der Waals surface area contributed by atoms with Crippen LogP contribution in [0.5, 0.6) is 0 Å². The maximum atomic E-state index is 14.4. The number of hydrogen-bond acceptors (Lipinski definition) is 6. The molecule has 0 aliphatic heterocycles. The summed E-state index contributed by atoms with van der Waals surface area (Å²) in [6.07, 6.45) is 1.58. The van der Waals surface area contributed by atoms with E-state index in [1.54, 1.807) is 18.3 Å². The molecular formula is C28H30FN5O2S. The molecule has 0 aliphatic rings. The number of hydrogen-bond donors (Lipinski definition) is 3. The first-order valence-corrected chi connectivity index (χ1v) is 12.7. The van der Waals surface area contributed by atoms with E-state index in [-0.39, 0.29) is 17.6 Å². The first kappa shape index (κ1) is 26.2. The van der Waals surface area contributed by atoms with E-state index in [0.29, 0.717) is 39.5 Å². The van der Waals surface area contributed by atoms with Gasteiger partial charge < -0.3 is 16.0 Å². The zero-order chi connectivity index (χ0) is 26.9. The summed E-state index contributed by atoms with van der Waals surface area (Å²) in [4.78, 5) is 30.2. The standard InChI is InChI=1S/C28H30FN5O2S/c1-15-7-10-20(19(29)13-15)32-25-23-24(37-34-25)21(11-12-30-23)33-26(35)22-16(2)8-9-18(17(22)3)14-31-27(36)28(4,5)6/h7-13H,14H2,1-6H3,(H,31,36)(H,32,34)(H,30,33,35). The highest BCUT2D eigenvalue weighted by atomic mass is 32.1. The third-order valence-electron chi connectivity index (χ3n) is 6.12. The van der Waals surface area contributed by atoms with E-state index in [2.05, 4.69) is 25.3 Å². The van der Waals surface area contributed by atoms with Crippen molar-refractivity contribution in [3.8, 4) is 0 Å². The number of benzene rings is 2. The lowest BCUT2D eigenvalue weighted by Gasteiger charge is -2.19. The topological polar surface area (TPSA) is 96.0 Å². The Hall–Kier alpha value is -3.85. The van der Waals surface area contributed by atoms with Gasteiger partial charge in [-0.2, -0.15) is 4.37 Å². The van der Waals surface area contributed by atoms with Gasteiger partial charge in [-0.3, -0.25) is 14.6 Å². The molecule has 7 nitrogen and oxygen atoms in total. The third-order valence-corrected chi connectivity index (χ3v) is 6.99. The van der Waals surface area contributed by atoms with Crippen LogP contribution in [0.25, 0.3) is 10.2 Å². The van der Waals surface area contributed by atoms with E-state index >= 15 is 0 Å². The van der Waals surface area contributed by atoms with Gasteiger partial charge in [-0.25, -0.2) is 4.39 Å². The Kier molecular flexibility index (Phi) is 7.27. The van der Waals surface area contributed by atoms with Gasteiger partial charge in [0.1, 0.15) is 11.3 Å². The lowest BCUT2D eigenvalue weighted by atomic mass is 9.94. The molecule has 0 saturated carbocycles. The van der Waals surface area contributed by atoms with Crippen molar-refractivity contribution in [1.29, 1.82) is 0 Å². The lowest BCUT2D eigenvalue weighted by Crippen LogP contribution is -2.34. The van der Waals surface area contributed by atoms with Crippen LogP contribution in [0.3, 0.4) is 0 Å². The van der Waals surface area contributed by atoms with Crippen LogP contribution >= 0.6 is 11.5 Å². The minimum Gasteiger partial charge on any atom is -0.352 e. The number of nitrogens with one attached hydrogen (secondary N) is 3. The average Bonchev–Trinajstić information content (AvgIpc) is 3.23. The highest BCUT2D eigenvalue weighted by Crippen LogP contribution is 2.34. The molecule has 0 aliphatic carbocycles. The Morgan fingerprint density at radius 2 is 1.78 bits per heavy atom. The van der Waals surface area contributed by atoms with Crippen molar-refractivity contribution in [3.63, 3.8) is 0 Å². The van der Waals surface area contributed by atoms with Crippen LogP contribution in [0.15, 0.2) is 42.6 Å². The number of fused-ring (bicyclic) bond motifs is 1. The number of carbonyl (C=O) groups excluding carboxylic acids is 2. The van der Waals surface area contributed by atoms with Crippen LogP contribution in [0.2, 0.25) is 0 Å². The fourth-order valence-corrected chi connectivity index (χ4v) is 4.70. The second-order valence-electron chi connectivity index (χ2n) is 10.1. The summed E-state index contributed by atoms with van der Waals surface area (Å²) >= 11 is 1.17. The van der Waals surface area contributed by atoms with Gasteiger partial charge in [0.05, 0.1) is 16.1 Å². The van der Waals surface area contributed by atoms with Gasteiger partial charge in [0.2, 0.25) is 5.91 Å². The predicted molar refractivity (Wildman–Crippen MR) is 147 cm³/mol. The maximum absolute atomic E-state index is 14.4. The van der Waals surface area contributed by atoms with Crippen molar-refractivity contribution in [2.24, 2.45) is 5.41 Å². The molecule has 192 valence electrons. The van der Waals surface area contributed by atoms with Gasteiger partial charge in [-0.05, 0) is 72.8 Å². The van der Waals surface area contributed by atoms with Gasteiger partial charge in [0.25, 0.3) is 5.91 Å². The van der Waals surface area contributed by atoms with Crippen molar-refractivity contribution in [3.05, 3.63) is 76.2 Å². The summed E-state index contributed by atoms with van der Waals surface area (Å²) in [6, 6.07) is 10.4. The molecule has 2 aromatic heterocycles. The summed E-state index contributed by atoms with van der Waals surface area (Å²) in [7, 11) is 0. The Balaban J connectivity index is 1.59. The molecule has 2 aromatic carbocycles. The molecule has 3 N–H and O–H groups in total. The molecule has 2 heterocycles. The van der Waals surface area contributed by atoms with Crippen molar-refractivity contribution in [2.75, 3.05) is 10.6 Å². The van der Waals surface area contributed by atoms with Crippen molar-refractivity contribution < 1.29 is 14.0 Å². The van der Waals surface area contributed by atoms with Crippen molar-refractivity contribution in [1.82, 2.24) is 14.7 Å². The Bertz CT molecular complexity index is 1510. The lowest BCUT2D eigenvalue weighted by molar-refractivity contribution is -0.128. The largest absolute Gasteiger partial charge is 0.352 e. The molecule has 2 amide bonds. The quantitative estimate of drug-likeness (QED) is 0.273. The number of amides is 2. The van der Waals surface area contributed by atoms with Gasteiger partial charge >= 0.3 is 0 Å². The molecule has 0 unspecified atom stereocenters. The molecule has 37 heavy (non-hydrogen) atoms. The zero-order valence-corrected chi connectivity index (χ0v) is 22.6. The molecule has 0 atom stereocenters. The molecular weight excluding hydrogens is 489 g/mol. The highest BCUT2D eigenvalue weighted by molar-refractivity contribution is 7.14. The fraction of sp³-hybridized carbons (Fsp3) is 0.286. The second kappa shape index (κ2) is 10.3. The maximum Gasteiger partial charge on any atom is 0.256 e. The van der Waals surface area contributed by atoms with Crippen LogP contribution < -0.4 is 16.0 Å². The number of aryl methyl sites for hydroxylation is 2. The van der Waals surface area contributed by atoms with Crippen molar-refractivity contribution >= 4 is 50.8 Å². The van der Waals surface area contributed by atoms with E-state index < -0.39 is 5.41 Å². The number of aromatic nitrogens is 2. The van der Waals surface area contributed by atoms with E-state index in [9.17, 15) is 14.0 Å². The summed E-state index contributed by atoms with van der Waals surface area (Å²) in [5.41, 5.74) is 4.78. The molecule has 9 heteroatoms. The van der Waals surface area contributed by atoms with Gasteiger partial charge in [0.15, 0.2) is 5.82 Å². The molecule has 0 radical (unpaired) electrons. The molecule has 0 spiro atoms. The fourth-order valence-electron chi connectivity index (χ4n) is 3.93. The molecule has 4 aromatic rings. The molecule has 0 bridgehead atoms. The Morgan fingerprint density at radius 1 is 1.03 bits per heavy atom. The minimum atomic E-state index is -0.501. The van der Waals surface area contributed by atoms with Gasteiger partial charge in [-0.15, -0.1) is 0 Å². The van der Waals surface area contributed by atoms with Crippen LogP contribution in [-0.4, -0.2) is 21.2 Å². The zero-order valence-electron chi connectivity index (χ0n) is 21.7. The number of anilines is 3. The number of pyridine rings is 1. The number of carbonyl (C=O) groups is 2. The first-order valence-electron chi connectivity index (χ1n) is 11.9. The molecule has 0 fully saturated rings. The Labute approximate surface area is 219 Å². The van der Waals surface area contributed by atoms with E-state index in [1.165, 1.54) is 17.6 Å². The normalized spacial score (nSPS) is 11.4. The summed E-state index contributed by atoms with van der Waals surface area (Å²) in [5.74, 6) is -0.283. The predicted octanol–water partition coefficient (Wildman–Crippen LogP) is 6.41. The summed E-state index contributed by atoms with van der Waals surface area (Å²) in [5, 5.41) is 8.96. The van der Waals surface area contributed by atoms with E-state index in [0.717, 1.165) is 22.3 Å². The third kappa shape index (κ3) is 5.61. The molecule has 0 saturated heterocycles. The number of halogens is 1. The van der Waals surface area contributed by atoms with Crippen LogP contribution in [0, 0.1) is 32.0 Å². The minimum absolute atomic E-state index is 0.0576. The number of rotatable bonds is 6. The van der Waals surface area contributed by atoms with E-state index in [1.807, 2.05) is 59.7 Å². The van der Waals surface area contributed by atoms with Gasteiger partial charge in [-0.1, -0.05) is 39.0 Å². The summed E-state index contributed by atoms with van der Waals surface area (Å²) < 4.78 is 19.4. The van der Waals surface area contributed by atoms with Crippen LogP contribution in [0.4, 0.5) is 21.6 Å². The summed E-state index contributed by atoms with van der Waals surface area (Å²) in [6.45, 7) is 11.5. The first-order chi connectivity index (χ1) is 17.5.